The van der Waals surface area contributed by atoms with Gasteiger partial charge in [0.15, 0.2) is 0 Å². The zero-order valence-electron chi connectivity index (χ0n) is 12.6. The molecule has 0 bridgehead atoms. The van der Waals surface area contributed by atoms with Crippen LogP contribution in [0.5, 0.6) is 0 Å². The molecule has 0 unspecified atom stereocenters. The highest BCUT2D eigenvalue weighted by Crippen LogP contribution is 2.24. The number of piperidine rings is 1. The van der Waals surface area contributed by atoms with Crippen molar-refractivity contribution in [2.75, 3.05) is 26.7 Å². The summed E-state index contributed by atoms with van der Waals surface area (Å²) in [7, 11) is 2.00. The summed E-state index contributed by atoms with van der Waals surface area (Å²) in [5.74, 6) is 0.915. The van der Waals surface area contributed by atoms with Gasteiger partial charge in [-0.1, -0.05) is 12.1 Å². The first-order chi connectivity index (χ1) is 10.3. The number of hydrogen-bond acceptors (Lipinski definition) is 2. The van der Waals surface area contributed by atoms with Gasteiger partial charge in [0, 0.05) is 24.7 Å². The highest BCUT2D eigenvalue weighted by molar-refractivity contribution is 6.05. The normalized spacial score (nSPS) is 16.5. The third-order valence-electron chi connectivity index (χ3n) is 4.52. The van der Waals surface area contributed by atoms with Crippen LogP contribution in [0.25, 0.3) is 10.9 Å². The van der Waals surface area contributed by atoms with Gasteiger partial charge in [-0.05, 0) is 50.9 Å². The van der Waals surface area contributed by atoms with Crippen molar-refractivity contribution in [2.45, 2.75) is 19.3 Å². The fraction of sp³-hybridized carbons (Fsp3) is 0.471. The first-order valence-electron chi connectivity index (χ1n) is 7.79. The van der Waals surface area contributed by atoms with E-state index in [1.54, 1.807) is 0 Å². The van der Waals surface area contributed by atoms with Gasteiger partial charge in [0.2, 0.25) is 0 Å². The predicted octanol–water partition coefficient (Wildman–Crippen LogP) is 2.63. The Balaban J connectivity index is 1.68. The van der Waals surface area contributed by atoms with Gasteiger partial charge in [0.05, 0.1) is 11.1 Å². The van der Waals surface area contributed by atoms with E-state index in [4.69, 9.17) is 0 Å². The Morgan fingerprint density at radius 3 is 2.90 bits per heavy atom. The predicted molar refractivity (Wildman–Crippen MR) is 85.5 cm³/mol. The zero-order chi connectivity index (χ0) is 14.7. The summed E-state index contributed by atoms with van der Waals surface area (Å²) in [6, 6.07) is 7.93. The number of benzene rings is 1. The van der Waals surface area contributed by atoms with Gasteiger partial charge in [-0.25, -0.2) is 0 Å². The van der Waals surface area contributed by atoms with Crippen molar-refractivity contribution in [1.82, 2.24) is 15.2 Å². The number of nitrogens with one attached hydrogen (secondary N) is 2. The van der Waals surface area contributed by atoms with Crippen LogP contribution in [0, 0.1) is 5.92 Å². The smallest absolute Gasteiger partial charge is 0.255 e. The molecule has 0 saturated carbocycles. The molecule has 1 saturated heterocycles. The van der Waals surface area contributed by atoms with Crippen LogP contribution in [0.4, 0.5) is 0 Å². The molecule has 0 atom stereocenters. The van der Waals surface area contributed by atoms with Gasteiger partial charge >= 0.3 is 0 Å². The largest absolute Gasteiger partial charge is 0.361 e. The minimum Gasteiger partial charge on any atom is -0.361 e. The number of carbonyl (C=O) groups excluding carboxylic acids is 1. The Bertz CT molecular complexity index is 611. The molecule has 1 aromatic heterocycles. The number of nitrogens with zero attached hydrogens (tertiary/aromatic N) is 1. The molecule has 4 heteroatoms. The molecule has 1 aliphatic rings. The number of rotatable bonds is 4. The molecular formula is C17H23N3O. The summed E-state index contributed by atoms with van der Waals surface area (Å²) in [6.45, 7) is 2.83. The van der Waals surface area contributed by atoms with Crippen LogP contribution in [0.2, 0.25) is 0 Å². The fourth-order valence-electron chi connectivity index (χ4n) is 3.21. The number of carbonyl (C=O) groups is 1. The molecule has 2 N–H and O–H groups in total. The van der Waals surface area contributed by atoms with E-state index in [0.29, 0.717) is 0 Å². The lowest BCUT2D eigenvalue weighted by Gasteiger charge is -2.32. The van der Waals surface area contributed by atoms with Gasteiger partial charge in [-0.2, -0.15) is 0 Å². The van der Waals surface area contributed by atoms with Gasteiger partial charge in [0.1, 0.15) is 0 Å². The summed E-state index contributed by atoms with van der Waals surface area (Å²) in [5, 5.41) is 4.31. The molecule has 2 heterocycles. The number of amides is 1. The number of likely N-dealkylation sites (tertiary alicyclic amines) is 1. The minimum atomic E-state index is 0.162. The number of H-pyrrole nitrogens is 1. The van der Waals surface area contributed by atoms with Gasteiger partial charge in [0.25, 0.3) is 5.91 Å². The molecule has 0 radical (unpaired) electrons. The summed E-state index contributed by atoms with van der Waals surface area (Å²) in [6.07, 6.45) is 5.35. The summed E-state index contributed by atoms with van der Waals surface area (Å²) < 4.78 is 0. The molecule has 1 aromatic carbocycles. The van der Waals surface area contributed by atoms with E-state index in [2.05, 4.69) is 10.3 Å². The standard InChI is InChI=1S/C17H23N3O/c1-18-9-5-13-7-11-20(12-8-13)17(21)15-4-2-3-14-6-10-19-16(14)15/h2-4,6,10,13,18-19H,5,7-9,11-12H2,1H3. The molecule has 0 spiro atoms. The second kappa shape index (κ2) is 6.31. The van der Waals surface area contributed by atoms with Crippen molar-refractivity contribution in [2.24, 2.45) is 5.92 Å². The lowest BCUT2D eigenvalue weighted by atomic mass is 9.93. The van der Waals surface area contributed by atoms with Gasteiger partial charge < -0.3 is 15.2 Å². The Morgan fingerprint density at radius 1 is 1.33 bits per heavy atom. The molecule has 3 rings (SSSR count). The highest BCUT2D eigenvalue weighted by atomic mass is 16.2. The number of aromatic amines is 1. The second-order valence-corrected chi connectivity index (χ2v) is 5.88. The van der Waals surface area contributed by atoms with Crippen LogP contribution in [-0.4, -0.2) is 42.5 Å². The van der Waals surface area contributed by atoms with Crippen molar-refractivity contribution in [3.05, 3.63) is 36.0 Å². The molecule has 2 aromatic rings. The molecule has 1 fully saturated rings. The number of para-hydroxylation sites is 1. The van der Waals surface area contributed by atoms with Crippen LogP contribution < -0.4 is 5.32 Å². The third kappa shape index (κ3) is 2.95. The van der Waals surface area contributed by atoms with E-state index in [1.807, 2.05) is 42.4 Å². The summed E-state index contributed by atoms with van der Waals surface area (Å²) in [5.41, 5.74) is 1.76. The van der Waals surface area contributed by atoms with Gasteiger partial charge in [-0.3, -0.25) is 4.79 Å². The van der Waals surface area contributed by atoms with Crippen molar-refractivity contribution >= 4 is 16.8 Å². The van der Waals surface area contributed by atoms with E-state index in [0.717, 1.165) is 54.9 Å². The Morgan fingerprint density at radius 2 is 2.14 bits per heavy atom. The van der Waals surface area contributed by atoms with Crippen LogP contribution in [0.3, 0.4) is 0 Å². The number of hydrogen-bond donors (Lipinski definition) is 2. The van der Waals surface area contributed by atoms with Crippen LogP contribution in [0.15, 0.2) is 30.5 Å². The average molecular weight is 285 g/mol. The molecule has 1 amide bonds. The monoisotopic (exact) mass is 285 g/mol. The lowest BCUT2D eigenvalue weighted by Crippen LogP contribution is -2.39. The van der Waals surface area contributed by atoms with E-state index >= 15 is 0 Å². The summed E-state index contributed by atoms with van der Waals surface area (Å²) >= 11 is 0. The maximum absolute atomic E-state index is 12.7. The topological polar surface area (TPSA) is 48.1 Å². The van der Waals surface area contributed by atoms with Crippen LogP contribution in [0.1, 0.15) is 29.6 Å². The molecule has 0 aliphatic carbocycles. The number of aromatic nitrogens is 1. The second-order valence-electron chi connectivity index (χ2n) is 5.88. The first kappa shape index (κ1) is 14.1. The van der Waals surface area contributed by atoms with Crippen LogP contribution >= 0.6 is 0 Å². The van der Waals surface area contributed by atoms with Crippen molar-refractivity contribution < 1.29 is 4.79 Å². The Labute approximate surface area is 125 Å². The maximum atomic E-state index is 12.7. The lowest BCUT2D eigenvalue weighted by molar-refractivity contribution is 0.0689. The number of fused-ring (bicyclic) bond motifs is 1. The van der Waals surface area contributed by atoms with E-state index in [-0.39, 0.29) is 5.91 Å². The molecule has 21 heavy (non-hydrogen) atoms. The molecule has 1 aliphatic heterocycles. The minimum absolute atomic E-state index is 0.162. The quantitative estimate of drug-likeness (QED) is 0.907. The highest BCUT2D eigenvalue weighted by Gasteiger charge is 2.24. The fourth-order valence-corrected chi connectivity index (χ4v) is 3.21. The average Bonchev–Trinajstić information content (AvgIpc) is 3.01. The van der Waals surface area contributed by atoms with Crippen LogP contribution in [-0.2, 0) is 0 Å². The Kier molecular flexibility index (Phi) is 4.25. The van der Waals surface area contributed by atoms with E-state index in [9.17, 15) is 4.79 Å². The van der Waals surface area contributed by atoms with E-state index in [1.165, 1.54) is 6.42 Å². The zero-order valence-corrected chi connectivity index (χ0v) is 12.6. The van der Waals surface area contributed by atoms with Crippen molar-refractivity contribution in [3.8, 4) is 0 Å². The Hall–Kier alpha value is -1.81. The molecule has 112 valence electrons. The SMILES string of the molecule is CNCCC1CCN(C(=O)c2cccc3cc[nH]c23)CC1. The van der Waals surface area contributed by atoms with Gasteiger partial charge in [-0.15, -0.1) is 0 Å². The van der Waals surface area contributed by atoms with Crippen molar-refractivity contribution in [3.63, 3.8) is 0 Å². The maximum Gasteiger partial charge on any atom is 0.255 e. The first-order valence-corrected chi connectivity index (χ1v) is 7.79. The summed E-state index contributed by atoms with van der Waals surface area (Å²) in [4.78, 5) is 17.9. The molecular weight excluding hydrogens is 262 g/mol. The third-order valence-corrected chi connectivity index (χ3v) is 4.52. The van der Waals surface area contributed by atoms with E-state index < -0.39 is 0 Å². The van der Waals surface area contributed by atoms with Crippen molar-refractivity contribution in [1.29, 1.82) is 0 Å². The molecule has 4 nitrogen and oxygen atoms in total.